The number of fused-ring (bicyclic) bond motifs is 1. The third-order valence-electron chi connectivity index (χ3n) is 4.87. The highest BCUT2D eigenvalue weighted by atomic mass is 32.2. The fourth-order valence-electron chi connectivity index (χ4n) is 3.36. The van der Waals surface area contributed by atoms with Crippen molar-refractivity contribution in [3.05, 3.63) is 22.3 Å². The van der Waals surface area contributed by atoms with Crippen LogP contribution in [-0.4, -0.2) is 84.7 Å². The minimum Gasteiger partial charge on any atom is -0.480 e. The Labute approximate surface area is 206 Å². The molecule has 1 aromatic heterocycles. The summed E-state index contributed by atoms with van der Waals surface area (Å²) in [5.41, 5.74) is 11.2. The summed E-state index contributed by atoms with van der Waals surface area (Å²) in [5, 5.41) is 26.0. The van der Waals surface area contributed by atoms with Gasteiger partial charge in [0.1, 0.15) is 36.0 Å². The van der Waals surface area contributed by atoms with Gasteiger partial charge in [-0.05, 0) is 10.4 Å². The quantitative estimate of drug-likeness (QED) is 0.111. The van der Waals surface area contributed by atoms with Crippen molar-refractivity contribution in [2.75, 3.05) is 18.6 Å². The molecule has 13 nitrogen and oxygen atoms in total. The van der Waals surface area contributed by atoms with Crippen LogP contribution in [-0.2, 0) is 24.0 Å². The van der Waals surface area contributed by atoms with E-state index in [0.717, 1.165) is 16.2 Å². The summed E-state index contributed by atoms with van der Waals surface area (Å²) in [6.45, 7) is 0. The molecule has 0 bridgehead atoms. The third-order valence-corrected chi connectivity index (χ3v) is 7.20. The fraction of sp³-hybridized carbons (Fsp3) is 0.389. The summed E-state index contributed by atoms with van der Waals surface area (Å²) in [6.07, 6.45) is -0.0983. The van der Waals surface area contributed by atoms with Crippen LogP contribution in [0, 0.1) is 0 Å². The molecule has 3 heterocycles. The van der Waals surface area contributed by atoms with Crippen molar-refractivity contribution >= 4 is 74.8 Å². The Morgan fingerprint density at radius 2 is 2.15 bits per heavy atom. The molecule has 0 spiro atoms. The van der Waals surface area contributed by atoms with Gasteiger partial charge in [0.05, 0.1) is 0 Å². The zero-order chi connectivity index (χ0) is 25.2. The monoisotopic (exact) mass is 528 g/mol. The third kappa shape index (κ3) is 5.19. The Kier molecular flexibility index (Phi) is 7.86. The highest BCUT2D eigenvalue weighted by molar-refractivity contribution is 8.00. The largest absolute Gasteiger partial charge is 0.480 e. The van der Waals surface area contributed by atoms with Crippen LogP contribution in [0.2, 0.25) is 0 Å². The number of aromatic nitrogens is 1. The number of hydrogen-bond acceptors (Lipinski definition) is 12. The van der Waals surface area contributed by atoms with E-state index in [9.17, 15) is 24.3 Å². The molecule has 1 aromatic rings. The Bertz CT molecular complexity index is 1120. The molecule has 2 aliphatic rings. The number of thiocarbonyl (C=S) groups is 1. The van der Waals surface area contributed by atoms with Gasteiger partial charge in [0.2, 0.25) is 0 Å². The van der Waals surface area contributed by atoms with E-state index in [4.69, 9.17) is 33.6 Å². The Morgan fingerprint density at radius 1 is 1.44 bits per heavy atom. The van der Waals surface area contributed by atoms with Gasteiger partial charge in [-0.15, -0.1) is 23.1 Å². The smallest absolute Gasteiger partial charge is 0.352 e. The zero-order valence-corrected chi connectivity index (χ0v) is 20.0. The number of nitrogens with zero attached hydrogens (tertiary/aromatic N) is 3. The highest BCUT2D eigenvalue weighted by Gasteiger charge is 2.54. The lowest BCUT2D eigenvalue weighted by molar-refractivity contribution is -0.150. The van der Waals surface area contributed by atoms with E-state index in [1.807, 2.05) is 0 Å². The van der Waals surface area contributed by atoms with Crippen LogP contribution in [0.5, 0.6) is 0 Å². The van der Waals surface area contributed by atoms with Crippen molar-refractivity contribution in [1.82, 2.24) is 15.2 Å². The number of nitrogens with two attached hydrogens (primary N) is 2. The van der Waals surface area contributed by atoms with E-state index in [1.54, 1.807) is 0 Å². The van der Waals surface area contributed by atoms with Crippen LogP contribution >= 0.6 is 35.3 Å². The number of anilines is 1. The minimum absolute atomic E-state index is 0.00830. The fourth-order valence-corrected chi connectivity index (χ4v) is 5.61. The van der Waals surface area contributed by atoms with Crippen molar-refractivity contribution in [1.29, 1.82) is 0 Å². The molecule has 2 aliphatic heterocycles. The van der Waals surface area contributed by atoms with E-state index < -0.39 is 41.2 Å². The first kappa shape index (κ1) is 25.5. The van der Waals surface area contributed by atoms with Gasteiger partial charge in [0, 0.05) is 24.0 Å². The first-order valence-electron chi connectivity index (χ1n) is 9.58. The highest BCUT2D eigenvalue weighted by Crippen LogP contribution is 2.41. The van der Waals surface area contributed by atoms with Crippen LogP contribution < -0.4 is 16.8 Å². The average molecular weight is 529 g/mol. The van der Waals surface area contributed by atoms with Crippen molar-refractivity contribution in [3.8, 4) is 0 Å². The van der Waals surface area contributed by atoms with Crippen molar-refractivity contribution in [2.45, 2.75) is 30.3 Å². The lowest BCUT2D eigenvalue weighted by atomic mass is 9.99. The molecule has 1 saturated heterocycles. The van der Waals surface area contributed by atoms with Crippen LogP contribution in [0.1, 0.15) is 18.5 Å². The molecule has 0 aliphatic carbocycles. The van der Waals surface area contributed by atoms with Gasteiger partial charge >= 0.3 is 11.9 Å². The topological polar surface area (TPSA) is 211 Å². The maximum Gasteiger partial charge on any atom is 0.352 e. The van der Waals surface area contributed by atoms with Gasteiger partial charge in [-0.2, -0.15) is 0 Å². The number of β-lactam (4-membered cyclic amide) rings is 1. The summed E-state index contributed by atoms with van der Waals surface area (Å²) >= 11 is 7.53. The molecule has 182 valence electrons. The molecule has 0 radical (unpaired) electrons. The van der Waals surface area contributed by atoms with Gasteiger partial charge in [0.25, 0.3) is 11.8 Å². The van der Waals surface area contributed by atoms with Crippen LogP contribution in [0.4, 0.5) is 5.13 Å². The SMILES string of the molecule is CON=C(C(=O)NC1C(=O)N2C(C(=O)O)=C(CC(=S)CC(N)C(=O)O)CSC12)c1csc(N)n1. The van der Waals surface area contributed by atoms with Gasteiger partial charge in [-0.3, -0.25) is 19.3 Å². The second-order valence-corrected chi connectivity index (χ2v) is 9.75. The Morgan fingerprint density at radius 3 is 2.71 bits per heavy atom. The number of nitrogen functional groups attached to an aromatic ring is 1. The number of hydrogen-bond donors (Lipinski definition) is 5. The summed E-state index contributed by atoms with van der Waals surface area (Å²) in [6, 6.07) is -2.20. The van der Waals surface area contributed by atoms with E-state index in [1.165, 1.54) is 24.3 Å². The van der Waals surface area contributed by atoms with E-state index in [2.05, 4.69) is 15.5 Å². The first-order chi connectivity index (χ1) is 16.0. The van der Waals surface area contributed by atoms with Crippen molar-refractivity contribution in [2.24, 2.45) is 10.9 Å². The van der Waals surface area contributed by atoms with Crippen LogP contribution in [0.15, 0.2) is 21.8 Å². The predicted octanol–water partition coefficient (Wildman–Crippen LogP) is -0.624. The molecule has 16 heteroatoms. The molecule has 2 amide bonds. The van der Waals surface area contributed by atoms with Crippen LogP contribution in [0.3, 0.4) is 0 Å². The van der Waals surface area contributed by atoms with Gasteiger partial charge in [-0.1, -0.05) is 17.4 Å². The number of aliphatic carboxylic acids is 2. The Balaban J connectivity index is 1.75. The number of amides is 2. The molecule has 0 saturated carbocycles. The standard InChI is InChI=1S/C18H20N6O7S3/c1-31-23-10(9-5-34-18(20)21-9)13(25)22-11-14(26)24-12(17(29)30)6(4-33-15(11)24)2-7(32)3-8(19)16(27)28/h5,8,11,15H,2-4,19H2,1H3,(H2,20,21)(H,22,25)(H,27,28)(H,29,30). The van der Waals surface area contributed by atoms with Crippen molar-refractivity contribution < 1.29 is 34.2 Å². The summed E-state index contributed by atoms with van der Waals surface area (Å²) in [7, 11) is 1.25. The number of carboxylic acid groups (broad SMARTS) is 2. The number of nitrogens with one attached hydrogen (secondary N) is 1. The second-order valence-electron chi connectivity index (χ2n) is 7.18. The molecule has 3 atom stereocenters. The normalized spacial score (nSPS) is 20.8. The number of oxime groups is 1. The summed E-state index contributed by atoms with van der Waals surface area (Å²) in [4.78, 5) is 58.5. The molecule has 34 heavy (non-hydrogen) atoms. The van der Waals surface area contributed by atoms with E-state index >= 15 is 0 Å². The maximum absolute atomic E-state index is 12.8. The molecule has 7 N–H and O–H groups in total. The molecular weight excluding hydrogens is 508 g/mol. The second kappa shape index (κ2) is 10.5. The van der Waals surface area contributed by atoms with E-state index in [0.29, 0.717) is 5.57 Å². The molecule has 3 unspecified atom stereocenters. The number of thiazole rings is 1. The van der Waals surface area contributed by atoms with Gasteiger partial charge in [-0.25, -0.2) is 9.78 Å². The van der Waals surface area contributed by atoms with Gasteiger partial charge < -0.3 is 31.8 Å². The molecule has 1 fully saturated rings. The number of carbonyl (C=O) groups is 4. The zero-order valence-electron chi connectivity index (χ0n) is 17.6. The Hall–Kier alpha value is -3.08. The molecule has 0 aromatic carbocycles. The summed E-state index contributed by atoms with van der Waals surface area (Å²) in [5.74, 6) is -3.69. The lowest BCUT2D eigenvalue weighted by Crippen LogP contribution is -2.71. The van der Waals surface area contributed by atoms with Crippen LogP contribution in [0.25, 0.3) is 0 Å². The maximum atomic E-state index is 12.8. The van der Waals surface area contributed by atoms with Gasteiger partial charge in [0.15, 0.2) is 10.8 Å². The lowest BCUT2D eigenvalue weighted by Gasteiger charge is -2.49. The molecular formula is C18H20N6O7S3. The predicted molar refractivity (Wildman–Crippen MR) is 127 cm³/mol. The first-order valence-corrected chi connectivity index (χ1v) is 11.9. The van der Waals surface area contributed by atoms with Crippen molar-refractivity contribution in [3.63, 3.8) is 0 Å². The van der Waals surface area contributed by atoms with E-state index in [-0.39, 0.29) is 45.7 Å². The molecule has 3 rings (SSSR count). The number of rotatable bonds is 10. The number of carboxylic acids is 2. The average Bonchev–Trinajstić information content (AvgIpc) is 3.20. The number of thioether (sulfide) groups is 1. The summed E-state index contributed by atoms with van der Waals surface area (Å²) < 4.78 is 0. The number of carbonyl (C=O) groups excluding carboxylic acids is 2. The minimum atomic E-state index is -1.33.